The van der Waals surface area contributed by atoms with Crippen LogP contribution in [0.25, 0.3) is 0 Å². The summed E-state index contributed by atoms with van der Waals surface area (Å²) in [7, 11) is -4.08. The van der Waals surface area contributed by atoms with Crippen LogP contribution in [-0.2, 0) is 10.0 Å². The molecule has 0 aromatic heterocycles. The lowest BCUT2D eigenvalue weighted by Crippen LogP contribution is -2.18. The Kier molecular flexibility index (Phi) is 6.44. The van der Waals surface area contributed by atoms with Crippen molar-refractivity contribution in [2.45, 2.75) is 22.0 Å². The fraction of sp³-hybridized carbons (Fsp3) is 0.200. The molecule has 0 bridgehead atoms. The third-order valence-electron chi connectivity index (χ3n) is 3.21. The van der Waals surface area contributed by atoms with Gasteiger partial charge in [-0.25, -0.2) is 13.6 Å². The minimum atomic E-state index is -4.08. The first-order valence-electron chi connectivity index (χ1n) is 7.14. The molecular weight excluding hydrogens is 430 g/mol. The number of nitro benzene ring substituents is 1. The molecule has 0 aliphatic heterocycles. The molecule has 0 heterocycles. The average molecular weight is 446 g/mol. The molecule has 1 unspecified atom stereocenters. The van der Waals surface area contributed by atoms with Crippen molar-refractivity contribution in [1.82, 2.24) is 0 Å². The molecule has 10 heteroatoms. The Morgan fingerprint density at radius 3 is 2.48 bits per heavy atom. The second kappa shape index (κ2) is 8.17. The van der Waals surface area contributed by atoms with E-state index >= 15 is 0 Å². The molecule has 1 atom stereocenters. The number of nitrogens with zero attached hydrogens (tertiary/aromatic N) is 1. The summed E-state index contributed by atoms with van der Waals surface area (Å²) < 4.78 is 24.4. The van der Waals surface area contributed by atoms with E-state index in [1.165, 1.54) is 12.1 Å². The molecule has 25 heavy (non-hydrogen) atoms. The first-order chi connectivity index (χ1) is 11.7. The maximum absolute atomic E-state index is 11.7. The van der Waals surface area contributed by atoms with E-state index in [9.17, 15) is 18.5 Å². The van der Waals surface area contributed by atoms with E-state index < -0.39 is 14.9 Å². The Balaban J connectivity index is 2.11. The lowest BCUT2D eigenvalue weighted by molar-refractivity contribution is -0.385. The minimum absolute atomic E-state index is 0.129. The maximum atomic E-state index is 11.7. The second-order valence-corrected chi connectivity index (χ2v) is 9.20. The topological polar surface area (TPSA) is 115 Å². The average Bonchev–Trinajstić information content (AvgIpc) is 2.54. The predicted octanol–water partition coefficient (Wildman–Crippen LogP) is 3.60. The van der Waals surface area contributed by atoms with Gasteiger partial charge >= 0.3 is 0 Å². The molecule has 0 fully saturated rings. The largest absolute Gasteiger partial charge is 0.383 e. The second-order valence-electron chi connectivity index (χ2n) is 5.25. The number of nitrogens with two attached hydrogens (primary N) is 1. The van der Waals surface area contributed by atoms with Crippen LogP contribution in [-0.4, -0.2) is 25.1 Å². The van der Waals surface area contributed by atoms with E-state index in [1.54, 1.807) is 11.8 Å². The van der Waals surface area contributed by atoms with Gasteiger partial charge in [0.05, 0.1) is 10.6 Å². The number of thioether (sulfide) groups is 1. The van der Waals surface area contributed by atoms with Crippen molar-refractivity contribution in [3.05, 3.63) is 57.1 Å². The van der Waals surface area contributed by atoms with Gasteiger partial charge in [0.2, 0.25) is 10.0 Å². The molecule has 0 aliphatic carbocycles. The fourth-order valence-electron chi connectivity index (χ4n) is 2.05. The van der Waals surface area contributed by atoms with Crippen LogP contribution in [0.15, 0.2) is 56.7 Å². The summed E-state index contributed by atoms with van der Waals surface area (Å²) in [6, 6.07) is 11.4. The number of nitrogens with one attached hydrogen (secondary N) is 1. The maximum Gasteiger partial charge on any atom is 0.270 e. The number of primary sulfonamides is 1. The third-order valence-corrected chi connectivity index (χ3v) is 5.81. The van der Waals surface area contributed by atoms with Crippen LogP contribution in [0.2, 0.25) is 0 Å². The number of halogens is 1. The summed E-state index contributed by atoms with van der Waals surface area (Å²) >= 11 is 5.00. The van der Waals surface area contributed by atoms with E-state index in [0.717, 1.165) is 15.4 Å². The zero-order valence-electron chi connectivity index (χ0n) is 13.2. The van der Waals surface area contributed by atoms with Crippen molar-refractivity contribution in [3.8, 4) is 0 Å². The van der Waals surface area contributed by atoms with Crippen molar-refractivity contribution in [2.75, 3.05) is 11.9 Å². The van der Waals surface area contributed by atoms with Gasteiger partial charge in [-0.1, -0.05) is 22.9 Å². The van der Waals surface area contributed by atoms with Gasteiger partial charge in [0.15, 0.2) is 0 Å². The van der Waals surface area contributed by atoms with Crippen LogP contribution in [0.5, 0.6) is 0 Å². The number of sulfonamides is 1. The number of hydrogen-bond donors (Lipinski definition) is 2. The number of anilines is 1. The molecule has 2 rings (SSSR count). The van der Waals surface area contributed by atoms with Crippen molar-refractivity contribution in [3.63, 3.8) is 0 Å². The van der Waals surface area contributed by atoms with Gasteiger partial charge in [0.25, 0.3) is 5.69 Å². The van der Waals surface area contributed by atoms with Gasteiger partial charge in [-0.15, -0.1) is 11.8 Å². The quantitative estimate of drug-likeness (QED) is 0.382. The Bertz CT molecular complexity index is 873. The van der Waals surface area contributed by atoms with Crippen LogP contribution in [0.3, 0.4) is 0 Å². The number of non-ortho nitro benzene ring substituents is 1. The third kappa shape index (κ3) is 5.70. The molecule has 0 saturated heterocycles. The first-order valence-corrected chi connectivity index (χ1v) is 10.4. The van der Waals surface area contributed by atoms with Gasteiger partial charge in [-0.2, -0.15) is 0 Å². The standard InChI is InChI=1S/C15H16BrN3O4S2/c1-10(24-13-5-2-11(16)3-6-13)9-18-14-7-4-12(19(20)21)8-15(14)25(17,22)23/h2-8,10,18H,9H2,1H3,(H2,17,22,23). The fourth-order valence-corrected chi connectivity index (χ4v) is 3.97. The highest BCUT2D eigenvalue weighted by Gasteiger charge is 2.19. The van der Waals surface area contributed by atoms with Gasteiger partial charge in [0.1, 0.15) is 4.90 Å². The van der Waals surface area contributed by atoms with E-state index in [4.69, 9.17) is 5.14 Å². The zero-order valence-corrected chi connectivity index (χ0v) is 16.4. The van der Waals surface area contributed by atoms with E-state index in [1.807, 2.05) is 31.2 Å². The van der Waals surface area contributed by atoms with Crippen LogP contribution >= 0.6 is 27.7 Å². The highest BCUT2D eigenvalue weighted by molar-refractivity contribution is 9.10. The molecular formula is C15H16BrN3O4S2. The predicted molar refractivity (Wildman–Crippen MR) is 102 cm³/mol. The summed E-state index contributed by atoms with van der Waals surface area (Å²) in [5.74, 6) is 0. The summed E-state index contributed by atoms with van der Waals surface area (Å²) in [4.78, 5) is 11.0. The van der Waals surface area contributed by atoms with Gasteiger partial charge < -0.3 is 5.32 Å². The van der Waals surface area contributed by atoms with Crippen molar-refractivity contribution in [2.24, 2.45) is 5.14 Å². The molecule has 134 valence electrons. The van der Waals surface area contributed by atoms with E-state index in [-0.39, 0.29) is 21.5 Å². The Hall–Kier alpha value is -1.62. The van der Waals surface area contributed by atoms with Crippen molar-refractivity contribution >= 4 is 49.1 Å². The molecule has 0 amide bonds. The highest BCUT2D eigenvalue weighted by atomic mass is 79.9. The minimum Gasteiger partial charge on any atom is -0.383 e. The van der Waals surface area contributed by atoms with Crippen molar-refractivity contribution in [1.29, 1.82) is 0 Å². The smallest absolute Gasteiger partial charge is 0.270 e. The molecule has 2 aromatic rings. The number of benzene rings is 2. The molecule has 3 N–H and O–H groups in total. The lowest BCUT2D eigenvalue weighted by atomic mass is 10.2. The summed E-state index contributed by atoms with van der Waals surface area (Å²) in [6.07, 6.45) is 0. The van der Waals surface area contributed by atoms with Gasteiger partial charge in [-0.3, -0.25) is 10.1 Å². The lowest BCUT2D eigenvalue weighted by Gasteiger charge is -2.15. The van der Waals surface area contributed by atoms with E-state index in [2.05, 4.69) is 21.2 Å². The molecule has 7 nitrogen and oxygen atoms in total. The monoisotopic (exact) mass is 445 g/mol. The number of rotatable bonds is 7. The zero-order chi connectivity index (χ0) is 18.6. The van der Waals surface area contributed by atoms with Crippen molar-refractivity contribution < 1.29 is 13.3 Å². The van der Waals surface area contributed by atoms with Crippen LogP contribution in [0.4, 0.5) is 11.4 Å². The van der Waals surface area contributed by atoms with Crippen LogP contribution in [0, 0.1) is 10.1 Å². The molecule has 0 saturated carbocycles. The molecule has 0 aliphatic rings. The first kappa shape index (κ1) is 19.7. The van der Waals surface area contributed by atoms with E-state index in [0.29, 0.717) is 6.54 Å². The van der Waals surface area contributed by atoms with Gasteiger partial charge in [-0.05, 0) is 30.3 Å². The summed E-state index contributed by atoms with van der Waals surface area (Å²) in [6.45, 7) is 2.45. The Morgan fingerprint density at radius 2 is 1.92 bits per heavy atom. The molecule has 0 spiro atoms. The SMILES string of the molecule is CC(CNc1ccc([N+](=O)[O-])cc1S(N)(=O)=O)Sc1ccc(Br)cc1. The van der Waals surface area contributed by atoms with Crippen LogP contribution in [0.1, 0.15) is 6.92 Å². The highest BCUT2D eigenvalue weighted by Crippen LogP contribution is 2.28. The molecule has 2 aromatic carbocycles. The number of hydrogen-bond acceptors (Lipinski definition) is 6. The van der Waals surface area contributed by atoms with Gasteiger partial charge in [0, 0.05) is 33.3 Å². The number of nitro groups is 1. The Labute approximate surface area is 158 Å². The Morgan fingerprint density at radius 1 is 1.28 bits per heavy atom. The normalized spacial score (nSPS) is 12.6. The summed E-state index contributed by atoms with van der Waals surface area (Å²) in [5, 5.41) is 19.1. The van der Waals surface area contributed by atoms with Crippen LogP contribution < -0.4 is 10.5 Å². The summed E-state index contributed by atoms with van der Waals surface area (Å²) in [5.41, 5.74) is -0.0804. The molecule has 0 radical (unpaired) electrons.